The predicted octanol–water partition coefficient (Wildman–Crippen LogP) is 1.35. The minimum Gasteiger partial charge on any atom is -0.396 e. The summed E-state index contributed by atoms with van der Waals surface area (Å²) in [7, 11) is 0. The van der Waals surface area contributed by atoms with Gasteiger partial charge in [0.25, 0.3) is 5.69 Å². The van der Waals surface area contributed by atoms with Gasteiger partial charge in [-0.2, -0.15) is 0 Å². The van der Waals surface area contributed by atoms with E-state index in [0.717, 1.165) is 0 Å². The Labute approximate surface area is 115 Å². The van der Waals surface area contributed by atoms with Gasteiger partial charge in [0, 0.05) is 30.2 Å². The number of ether oxygens (including phenoxy) is 1. The van der Waals surface area contributed by atoms with Gasteiger partial charge in [-0.3, -0.25) is 10.1 Å². The molecule has 7 heteroatoms. The van der Waals surface area contributed by atoms with Crippen molar-refractivity contribution in [1.29, 1.82) is 0 Å². The van der Waals surface area contributed by atoms with E-state index >= 15 is 0 Å². The van der Waals surface area contributed by atoms with Gasteiger partial charge in [-0.25, -0.2) is 0 Å². The Hall–Kier alpha value is -1.21. The maximum Gasteiger partial charge on any atom is 0.269 e. The fourth-order valence-corrected chi connectivity index (χ4v) is 2.10. The lowest BCUT2D eigenvalue weighted by Crippen LogP contribution is -2.52. The van der Waals surface area contributed by atoms with Gasteiger partial charge < -0.3 is 15.2 Å². The molecule has 19 heavy (non-hydrogen) atoms. The molecule has 0 aliphatic carbocycles. The van der Waals surface area contributed by atoms with E-state index in [1.165, 1.54) is 18.2 Å². The van der Waals surface area contributed by atoms with Crippen LogP contribution in [0.3, 0.4) is 0 Å². The highest BCUT2D eigenvalue weighted by molar-refractivity contribution is 6.31. The van der Waals surface area contributed by atoms with Crippen LogP contribution in [0.1, 0.15) is 5.56 Å². The summed E-state index contributed by atoms with van der Waals surface area (Å²) in [6.45, 7) is 2.12. The minimum atomic E-state index is -0.450. The number of nitro groups is 1. The number of aliphatic hydroxyl groups excluding tert-OH is 1. The van der Waals surface area contributed by atoms with Crippen LogP contribution in [0, 0.1) is 15.5 Å². The van der Waals surface area contributed by atoms with E-state index in [1.54, 1.807) is 0 Å². The first-order valence-electron chi connectivity index (χ1n) is 5.88. The highest BCUT2D eigenvalue weighted by Crippen LogP contribution is 2.26. The maximum absolute atomic E-state index is 10.7. The Morgan fingerprint density at radius 3 is 2.79 bits per heavy atom. The number of nitrogens with zero attached hydrogens (tertiary/aromatic N) is 1. The van der Waals surface area contributed by atoms with Crippen molar-refractivity contribution in [1.82, 2.24) is 5.32 Å². The monoisotopic (exact) mass is 286 g/mol. The molecule has 0 bridgehead atoms. The topological polar surface area (TPSA) is 84.6 Å². The van der Waals surface area contributed by atoms with Crippen molar-refractivity contribution >= 4 is 17.3 Å². The molecular formula is C12H15ClN2O4. The molecule has 0 saturated carbocycles. The predicted molar refractivity (Wildman–Crippen MR) is 70.2 cm³/mol. The van der Waals surface area contributed by atoms with E-state index in [4.69, 9.17) is 16.3 Å². The number of nitrogens with one attached hydrogen (secondary N) is 1. The van der Waals surface area contributed by atoms with Crippen molar-refractivity contribution in [3.8, 4) is 0 Å². The lowest BCUT2D eigenvalue weighted by Gasteiger charge is -2.40. The molecule has 2 rings (SSSR count). The zero-order valence-electron chi connectivity index (χ0n) is 10.3. The molecule has 0 radical (unpaired) electrons. The fourth-order valence-electron chi connectivity index (χ4n) is 1.91. The Kier molecular flexibility index (Phi) is 4.36. The number of rotatable bonds is 6. The third kappa shape index (κ3) is 3.22. The highest BCUT2D eigenvalue weighted by Gasteiger charge is 2.37. The van der Waals surface area contributed by atoms with Crippen LogP contribution in [0.2, 0.25) is 5.02 Å². The van der Waals surface area contributed by atoms with Crippen LogP contribution in [0.25, 0.3) is 0 Å². The maximum atomic E-state index is 10.7. The van der Waals surface area contributed by atoms with Crippen LogP contribution in [0.4, 0.5) is 5.69 Å². The normalized spacial score (nSPS) is 16.9. The second-order valence-electron chi connectivity index (χ2n) is 4.79. The number of hydrogen-bond donors (Lipinski definition) is 2. The van der Waals surface area contributed by atoms with Crippen LogP contribution in [-0.4, -0.2) is 36.4 Å². The van der Waals surface area contributed by atoms with Crippen LogP contribution >= 0.6 is 11.6 Å². The Morgan fingerprint density at radius 1 is 1.53 bits per heavy atom. The van der Waals surface area contributed by atoms with Gasteiger partial charge in [0.15, 0.2) is 0 Å². The molecule has 0 unspecified atom stereocenters. The Bertz CT molecular complexity index is 471. The molecule has 1 aromatic rings. The summed E-state index contributed by atoms with van der Waals surface area (Å²) >= 11 is 6.00. The van der Waals surface area contributed by atoms with Gasteiger partial charge in [-0.05, 0) is 11.6 Å². The van der Waals surface area contributed by atoms with Crippen LogP contribution < -0.4 is 5.32 Å². The second kappa shape index (κ2) is 5.83. The van der Waals surface area contributed by atoms with Gasteiger partial charge in [0.1, 0.15) is 0 Å². The molecule has 1 aliphatic heterocycles. The Morgan fingerprint density at radius 2 is 2.26 bits per heavy atom. The van der Waals surface area contributed by atoms with E-state index in [0.29, 0.717) is 36.9 Å². The molecule has 0 atom stereocenters. The summed E-state index contributed by atoms with van der Waals surface area (Å²) in [4.78, 5) is 10.2. The average molecular weight is 287 g/mol. The number of halogens is 1. The first-order chi connectivity index (χ1) is 9.06. The van der Waals surface area contributed by atoms with Crippen LogP contribution in [0.15, 0.2) is 18.2 Å². The summed E-state index contributed by atoms with van der Waals surface area (Å²) in [5.74, 6) is 0. The molecule has 1 aromatic carbocycles. The quantitative estimate of drug-likeness (QED) is 0.609. The molecule has 1 saturated heterocycles. The van der Waals surface area contributed by atoms with E-state index < -0.39 is 4.92 Å². The summed E-state index contributed by atoms with van der Waals surface area (Å²) in [5.41, 5.74) is 0.460. The Balaban J connectivity index is 1.95. The van der Waals surface area contributed by atoms with Crippen molar-refractivity contribution in [2.75, 3.05) is 26.4 Å². The third-order valence-corrected chi connectivity index (χ3v) is 3.58. The zero-order valence-corrected chi connectivity index (χ0v) is 11.0. The highest BCUT2D eigenvalue weighted by atomic mass is 35.5. The molecule has 1 aliphatic rings. The van der Waals surface area contributed by atoms with Gasteiger partial charge in [-0.15, -0.1) is 0 Å². The SMILES string of the molecule is O=[N+]([O-])c1ccc(Cl)c(CNCC2(CO)COC2)c1. The van der Waals surface area contributed by atoms with Crippen molar-refractivity contribution in [2.45, 2.75) is 6.54 Å². The minimum absolute atomic E-state index is 0.0186. The number of non-ortho nitro benzene ring substituents is 1. The van der Waals surface area contributed by atoms with Gasteiger partial charge >= 0.3 is 0 Å². The number of aliphatic hydroxyl groups is 1. The molecular weight excluding hydrogens is 272 g/mol. The number of benzene rings is 1. The van der Waals surface area contributed by atoms with Crippen molar-refractivity contribution < 1.29 is 14.8 Å². The zero-order chi connectivity index (χ0) is 13.9. The fraction of sp³-hybridized carbons (Fsp3) is 0.500. The summed E-state index contributed by atoms with van der Waals surface area (Å²) < 4.78 is 5.09. The average Bonchev–Trinajstić information content (AvgIpc) is 2.34. The smallest absolute Gasteiger partial charge is 0.269 e. The standard InChI is InChI=1S/C12H15ClN2O4/c13-11-2-1-10(15(17)18)3-9(11)4-14-5-12(6-16)7-19-8-12/h1-3,14,16H,4-8H2. The van der Waals surface area contributed by atoms with Gasteiger partial charge in [-0.1, -0.05) is 11.6 Å². The number of hydrogen-bond acceptors (Lipinski definition) is 5. The van der Waals surface area contributed by atoms with E-state index in [1.807, 2.05) is 0 Å². The first-order valence-corrected chi connectivity index (χ1v) is 6.26. The molecule has 104 valence electrons. The lowest BCUT2D eigenvalue weighted by molar-refractivity contribution is -0.384. The van der Waals surface area contributed by atoms with Gasteiger partial charge in [0.2, 0.25) is 0 Å². The third-order valence-electron chi connectivity index (χ3n) is 3.21. The van der Waals surface area contributed by atoms with E-state index in [2.05, 4.69) is 5.32 Å². The molecule has 0 aromatic heterocycles. The lowest BCUT2D eigenvalue weighted by atomic mass is 9.87. The van der Waals surface area contributed by atoms with Crippen molar-refractivity contribution in [3.05, 3.63) is 38.9 Å². The van der Waals surface area contributed by atoms with Crippen LogP contribution in [-0.2, 0) is 11.3 Å². The van der Waals surface area contributed by atoms with Crippen LogP contribution in [0.5, 0.6) is 0 Å². The van der Waals surface area contributed by atoms with E-state index in [-0.39, 0.29) is 17.7 Å². The summed E-state index contributed by atoms with van der Waals surface area (Å²) in [6.07, 6.45) is 0. The summed E-state index contributed by atoms with van der Waals surface area (Å²) in [6, 6.07) is 4.35. The molecule has 2 N–H and O–H groups in total. The molecule has 0 amide bonds. The summed E-state index contributed by atoms with van der Waals surface area (Å²) in [5, 5.41) is 23.6. The number of nitro benzene ring substituents is 1. The van der Waals surface area contributed by atoms with Crippen molar-refractivity contribution in [3.63, 3.8) is 0 Å². The molecule has 6 nitrogen and oxygen atoms in total. The largest absolute Gasteiger partial charge is 0.396 e. The second-order valence-corrected chi connectivity index (χ2v) is 5.19. The molecule has 1 heterocycles. The molecule has 0 spiro atoms. The molecule has 1 fully saturated rings. The van der Waals surface area contributed by atoms with Gasteiger partial charge in [0.05, 0.1) is 30.2 Å². The van der Waals surface area contributed by atoms with E-state index in [9.17, 15) is 15.2 Å². The first kappa shape index (κ1) is 14.2. The van der Waals surface area contributed by atoms with Crippen molar-refractivity contribution in [2.24, 2.45) is 5.41 Å².